The van der Waals surface area contributed by atoms with Crippen LogP contribution in [0.2, 0.25) is 5.02 Å². The van der Waals surface area contributed by atoms with Gasteiger partial charge in [-0.3, -0.25) is 0 Å². The zero-order valence-electron chi connectivity index (χ0n) is 10.4. The normalized spacial score (nSPS) is 11.2. The number of aromatic carboxylic acids is 1. The Kier molecular flexibility index (Phi) is 4.09. The first-order chi connectivity index (χ1) is 9.79. The van der Waals surface area contributed by atoms with Crippen LogP contribution < -0.4 is 5.32 Å². The van der Waals surface area contributed by atoms with Crippen LogP contribution in [0.4, 0.5) is 24.5 Å². The number of carbonyl (C=O) groups is 1. The van der Waals surface area contributed by atoms with E-state index in [4.69, 9.17) is 16.7 Å². The fraction of sp³-hybridized carbons (Fsp3) is 0.0714. The lowest BCUT2D eigenvalue weighted by Crippen LogP contribution is -2.07. The van der Waals surface area contributed by atoms with Gasteiger partial charge in [-0.1, -0.05) is 23.7 Å². The molecule has 0 aliphatic carbocycles. The molecule has 2 aromatic carbocycles. The van der Waals surface area contributed by atoms with Gasteiger partial charge in [-0.15, -0.1) is 0 Å². The lowest BCUT2D eigenvalue weighted by molar-refractivity contribution is -0.137. The van der Waals surface area contributed by atoms with Crippen LogP contribution >= 0.6 is 11.6 Å². The van der Waals surface area contributed by atoms with E-state index in [9.17, 15) is 18.0 Å². The highest BCUT2D eigenvalue weighted by Crippen LogP contribution is 2.35. The molecule has 0 aromatic heterocycles. The zero-order valence-corrected chi connectivity index (χ0v) is 11.2. The van der Waals surface area contributed by atoms with Gasteiger partial charge in [-0.2, -0.15) is 13.2 Å². The maximum Gasteiger partial charge on any atom is 0.416 e. The van der Waals surface area contributed by atoms with Gasteiger partial charge >= 0.3 is 12.1 Å². The number of carboxylic acids is 1. The van der Waals surface area contributed by atoms with Crippen molar-refractivity contribution < 1.29 is 23.1 Å². The summed E-state index contributed by atoms with van der Waals surface area (Å²) in [6.07, 6.45) is -4.51. The molecule has 7 heteroatoms. The molecule has 0 radical (unpaired) electrons. The molecule has 0 bridgehead atoms. The predicted molar refractivity (Wildman–Crippen MR) is 73.1 cm³/mol. The fourth-order valence-electron chi connectivity index (χ4n) is 1.72. The summed E-state index contributed by atoms with van der Waals surface area (Å²) in [5, 5.41) is 11.7. The third-order valence-electron chi connectivity index (χ3n) is 2.72. The van der Waals surface area contributed by atoms with Gasteiger partial charge in [0.2, 0.25) is 0 Å². The Bertz CT molecular complexity index is 686. The minimum Gasteiger partial charge on any atom is -0.478 e. The molecular weight excluding hydrogens is 307 g/mol. The minimum atomic E-state index is -4.51. The molecule has 2 rings (SSSR count). The maximum atomic E-state index is 12.7. The van der Waals surface area contributed by atoms with Gasteiger partial charge < -0.3 is 10.4 Å². The molecule has 3 nitrogen and oxygen atoms in total. The van der Waals surface area contributed by atoms with Gasteiger partial charge in [-0.05, 0) is 30.3 Å². The van der Waals surface area contributed by atoms with Crippen LogP contribution in [0.5, 0.6) is 0 Å². The van der Waals surface area contributed by atoms with Gasteiger partial charge in [0.15, 0.2) is 0 Å². The molecule has 0 saturated heterocycles. The Morgan fingerprint density at radius 3 is 2.38 bits per heavy atom. The second-order valence-corrected chi connectivity index (χ2v) is 4.58. The molecule has 0 unspecified atom stereocenters. The highest BCUT2D eigenvalue weighted by atomic mass is 35.5. The summed E-state index contributed by atoms with van der Waals surface area (Å²) in [5.74, 6) is -1.19. The molecule has 21 heavy (non-hydrogen) atoms. The summed E-state index contributed by atoms with van der Waals surface area (Å²) in [7, 11) is 0. The Morgan fingerprint density at radius 2 is 1.76 bits per heavy atom. The molecule has 0 aliphatic rings. The molecule has 0 fully saturated rings. The second-order valence-electron chi connectivity index (χ2n) is 4.17. The number of carboxylic acid groups (broad SMARTS) is 1. The third kappa shape index (κ3) is 3.46. The first-order valence-corrected chi connectivity index (χ1v) is 6.13. The van der Waals surface area contributed by atoms with Crippen molar-refractivity contribution in [3.05, 3.63) is 58.6 Å². The van der Waals surface area contributed by atoms with E-state index in [1.807, 2.05) is 0 Å². The van der Waals surface area contributed by atoms with Crippen molar-refractivity contribution >= 4 is 28.9 Å². The van der Waals surface area contributed by atoms with E-state index in [0.29, 0.717) is 0 Å². The molecular formula is C14H9ClF3NO2. The first kappa shape index (κ1) is 15.2. The summed E-state index contributed by atoms with van der Waals surface area (Å²) in [6.45, 7) is 0. The van der Waals surface area contributed by atoms with Gasteiger partial charge in [0.1, 0.15) is 0 Å². The molecule has 2 N–H and O–H groups in total. The number of hydrogen-bond donors (Lipinski definition) is 2. The number of nitrogens with one attached hydrogen (secondary N) is 1. The molecule has 0 heterocycles. The molecule has 0 saturated carbocycles. The standard InChI is InChI=1S/C14H9ClF3NO2/c15-10-6-5-8(14(16,17)18)7-12(10)19-11-4-2-1-3-9(11)13(20)21/h1-7,19H,(H,20,21). The van der Waals surface area contributed by atoms with Crippen LogP contribution in [0.15, 0.2) is 42.5 Å². The minimum absolute atomic E-state index is 0.0137. The van der Waals surface area contributed by atoms with Crippen LogP contribution in [-0.4, -0.2) is 11.1 Å². The van der Waals surface area contributed by atoms with Crippen molar-refractivity contribution in [3.63, 3.8) is 0 Å². The molecule has 110 valence electrons. The number of para-hydroxylation sites is 1. The van der Waals surface area contributed by atoms with Gasteiger partial charge in [0.25, 0.3) is 0 Å². The number of halogens is 4. The Labute approximate surface area is 123 Å². The topological polar surface area (TPSA) is 49.3 Å². The van der Waals surface area contributed by atoms with Crippen LogP contribution in [0.25, 0.3) is 0 Å². The van der Waals surface area contributed by atoms with E-state index in [1.165, 1.54) is 18.2 Å². The average Bonchev–Trinajstić information content (AvgIpc) is 2.40. The van der Waals surface area contributed by atoms with Crippen molar-refractivity contribution in [3.8, 4) is 0 Å². The van der Waals surface area contributed by atoms with E-state index in [0.717, 1.165) is 18.2 Å². The SMILES string of the molecule is O=C(O)c1ccccc1Nc1cc(C(F)(F)F)ccc1Cl. The van der Waals surface area contributed by atoms with Crippen LogP contribution in [0, 0.1) is 0 Å². The number of rotatable bonds is 3. The Balaban J connectivity index is 2.43. The number of alkyl halides is 3. The first-order valence-electron chi connectivity index (χ1n) is 5.75. The Morgan fingerprint density at radius 1 is 1.10 bits per heavy atom. The third-order valence-corrected chi connectivity index (χ3v) is 3.05. The lowest BCUT2D eigenvalue weighted by atomic mass is 10.1. The molecule has 2 aromatic rings. The van der Waals surface area contributed by atoms with E-state index >= 15 is 0 Å². The highest BCUT2D eigenvalue weighted by Gasteiger charge is 2.31. The van der Waals surface area contributed by atoms with Crippen LogP contribution in [0.3, 0.4) is 0 Å². The molecule has 0 atom stereocenters. The number of benzene rings is 2. The summed E-state index contributed by atoms with van der Waals surface area (Å²) in [5.41, 5.74) is -0.792. The summed E-state index contributed by atoms with van der Waals surface area (Å²) < 4.78 is 38.0. The van der Waals surface area contributed by atoms with E-state index < -0.39 is 17.7 Å². The van der Waals surface area contributed by atoms with Crippen molar-refractivity contribution in [2.75, 3.05) is 5.32 Å². The second kappa shape index (κ2) is 5.65. The number of hydrogen-bond acceptors (Lipinski definition) is 2. The van der Waals surface area contributed by atoms with Crippen LogP contribution in [-0.2, 0) is 6.18 Å². The van der Waals surface area contributed by atoms with Crippen molar-refractivity contribution in [2.45, 2.75) is 6.18 Å². The van der Waals surface area contributed by atoms with Crippen LogP contribution in [0.1, 0.15) is 15.9 Å². The van der Waals surface area contributed by atoms with Crippen molar-refractivity contribution in [1.82, 2.24) is 0 Å². The fourth-order valence-corrected chi connectivity index (χ4v) is 1.89. The smallest absolute Gasteiger partial charge is 0.416 e. The summed E-state index contributed by atoms with van der Waals surface area (Å²) >= 11 is 5.85. The quantitative estimate of drug-likeness (QED) is 0.855. The zero-order chi connectivity index (χ0) is 15.6. The molecule has 0 aliphatic heterocycles. The van der Waals surface area contributed by atoms with Crippen molar-refractivity contribution in [2.24, 2.45) is 0 Å². The average molecular weight is 316 g/mol. The molecule has 0 amide bonds. The highest BCUT2D eigenvalue weighted by molar-refractivity contribution is 6.33. The van der Waals surface area contributed by atoms with E-state index in [2.05, 4.69) is 5.32 Å². The monoisotopic (exact) mass is 315 g/mol. The Hall–Kier alpha value is -2.21. The van der Waals surface area contributed by atoms with Gasteiger partial charge in [0.05, 0.1) is 27.5 Å². The number of anilines is 2. The van der Waals surface area contributed by atoms with E-state index in [1.54, 1.807) is 6.07 Å². The lowest BCUT2D eigenvalue weighted by Gasteiger charge is -2.13. The molecule has 0 spiro atoms. The van der Waals surface area contributed by atoms with E-state index in [-0.39, 0.29) is 22.0 Å². The van der Waals surface area contributed by atoms with Gasteiger partial charge in [-0.25, -0.2) is 4.79 Å². The summed E-state index contributed by atoms with van der Waals surface area (Å²) in [6, 6.07) is 8.67. The van der Waals surface area contributed by atoms with Gasteiger partial charge in [0, 0.05) is 0 Å². The van der Waals surface area contributed by atoms with Crippen molar-refractivity contribution in [1.29, 1.82) is 0 Å². The largest absolute Gasteiger partial charge is 0.478 e. The maximum absolute atomic E-state index is 12.7. The summed E-state index contributed by atoms with van der Waals surface area (Å²) in [4.78, 5) is 11.1. The predicted octanol–water partition coefficient (Wildman–Crippen LogP) is 4.80.